The molecule has 2 rings (SSSR count). The molecule has 0 aliphatic carbocycles. The maximum absolute atomic E-state index is 11.8. The summed E-state index contributed by atoms with van der Waals surface area (Å²) in [7, 11) is 0. The van der Waals surface area contributed by atoms with Crippen LogP contribution in [0.25, 0.3) is 5.82 Å². The van der Waals surface area contributed by atoms with Crippen LogP contribution >= 0.6 is 0 Å². The summed E-state index contributed by atoms with van der Waals surface area (Å²) >= 11 is 0. The predicted octanol–water partition coefficient (Wildman–Crippen LogP) is 1.82. The van der Waals surface area contributed by atoms with Gasteiger partial charge in [-0.2, -0.15) is 5.10 Å². The number of nitrogens with zero attached hydrogens (tertiary/aromatic N) is 3. The summed E-state index contributed by atoms with van der Waals surface area (Å²) in [5, 5.41) is 4.28. The maximum atomic E-state index is 11.8. The Kier molecular flexibility index (Phi) is 4.88. The highest BCUT2D eigenvalue weighted by molar-refractivity contribution is 5.90. The molecule has 0 aliphatic heterocycles. The van der Waals surface area contributed by atoms with E-state index >= 15 is 0 Å². The van der Waals surface area contributed by atoms with E-state index in [0.717, 1.165) is 0 Å². The Hall–Kier alpha value is -2.70. The van der Waals surface area contributed by atoms with Crippen molar-refractivity contribution >= 4 is 11.9 Å². The summed E-state index contributed by atoms with van der Waals surface area (Å²) in [5.74, 6) is -0.301. The van der Waals surface area contributed by atoms with E-state index in [1.165, 1.54) is 11.6 Å². The normalized spacial score (nSPS) is 10.3. The van der Waals surface area contributed by atoms with Crippen LogP contribution in [0, 0.1) is 6.92 Å². The van der Waals surface area contributed by atoms with Crippen LogP contribution in [0.3, 0.4) is 0 Å². The van der Waals surface area contributed by atoms with Gasteiger partial charge in [-0.05, 0) is 19.9 Å². The standard InChI is InChI=1S/C15H17N3O4/c1-4-21-15(20)13-8-18(17-10(13)2)14-12(6-5-7-16-14)9-22-11(3)19/h5-8H,4,9H2,1-3H3. The van der Waals surface area contributed by atoms with Crippen LogP contribution in [0.5, 0.6) is 0 Å². The van der Waals surface area contributed by atoms with Gasteiger partial charge in [0.25, 0.3) is 0 Å². The molecular formula is C15H17N3O4. The number of pyridine rings is 1. The average Bonchev–Trinajstić information content (AvgIpc) is 2.87. The number of ether oxygens (including phenoxy) is 2. The Morgan fingerprint density at radius 2 is 2.09 bits per heavy atom. The highest BCUT2D eigenvalue weighted by atomic mass is 16.5. The van der Waals surface area contributed by atoms with Gasteiger partial charge in [0.05, 0.1) is 12.3 Å². The third-order valence-corrected chi connectivity index (χ3v) is 2.91. The number of aromatic nitrogens is 3. The molecule has 0 saturated carbocycles. The molecule has 0 aromatic carbocycles. The molecule has 0 fully saturated rings. The second-order valence-electron chi connectivity index (χ2n) is 4.56. The first kappa shape index (κ1) is 15.7. The van der Waals surface area contributed by atoms with Gasteiger partial charge in [0.2, 0.25) is 0 Å². The number of hydrogen-bond acceptors (Lipinski definition) is 6. The number of rotatable bonds is 5. The fourth-order valence-corrected chi connectivity index (χ4v) is 1.91. The van der Waals surface area contributed by atoms with Crippen molar-refractivity contribution < 1.29 is 19.1 Å². The van der Waals surface area contributed by atoms with E-state index in [9.17, 15) is 9.59 Å². The highest BCUT2D eigenvalue weighted by Gasteiger charge is 2.17. The van der Waals surface area contributed by atoms with E-state index in [1.54, 1.807) is 38.4 Å². The summed E-state index contributed by atoms with van der Waals surface area (Å²) < 4.78 is 11.5. The number of carbonyl (C=O) groups excluding carboxylic acids is 2. The SMILES string of the molecule is CCOC(=O)c1cn(-c2ncccc2COC(C)=O)nc1C. The van der Waals surface area contributed by atoms with E-state index in [4.69, 9.17) is 9.47 Å². The summed E-state index contributed by atoms with van der Waals surface area (Å²) in [6, 6.07) is 3.53. The number of carbonyl (C=O) groups is 2. The molecule has 0 unspecified atom stereocenters. The lowest BCUT2D eigenvalue weighted by Gasteiger charge is -2.08. The molecule has 2 aromatic rings. The molecule has 0 saturated heterocycles. The third-order valence-electron chi connectivity index (χ3n) is 2.91. The second-order valence-corrected chi connectivity index (χ2v) is 4.56. The number of esters is 2. The molecule has 0 spiro atoms. The van der Waals surface area contributed by atoms with Gasteiger partial charge in [-0.1, -0.05) is 6.07 Å². The van der Waals surface area contributed by atoms with Crippen molar-refractivity contribution in [3.8, 4) is 5.82 Å². The summed E-state index contributed by atoms with van der Waals surface area (Å²) in [6.07, 6.45) is 3.17. The van der Waals surface area contributed by atoms with E-state index in [0.29, 0.717) is 29.2 Å². The molecule has 7 nitrogen and oxygen atoms in total. The van der Waals surface area contributed by atoms with Crippen molar-refractivity contribution in [1.82, 2.24) is 14.8 Å². The minimum Gasteiger partial charge on any atom is -0.462 e. The first-order valence-corrected chi connectivity index (χ1v) is 6.84. The van der Waals surface area contributed by atoms with Crippen LogP contribution in [0.15, 0.2) is 24.5 Å². The number of hydrogen-bond donors (Lipinski definition) is 0. The zero-order chi connectivity index (χ0) is 16.1. The van der Waals surface area contributed by atoms with E-state index in [-0.39, 0.29) is 12.6 Å². The smallest absolute Gasteiger partial charge is 0.341 e. The third kappa shape index (κ3) is 3.49. The monoisotopic (exact) mass is 303 g/mol. The van der Waals surface area contributed by atoms with Gasteiger partial charge in [-0.25, -0.2) is 14.5 Å². The van der Waals surface area contributed by atoms with Gasteiger partial charge in [-0.15, -0.1) is 0 Å². The van der Waals surface area contributed by atoms with E-state index in [1.807, 2.05) is 0 Å². The lowest BCUT2D eigenvalue weighted by Crippen LogP contribution is -2.07. The maximum Gasteiger partial charge on any atom is 0.341 e. The highest BCUT2D eigenvalue weighted by Crippen LogP contribution is 2.16. The fourth-order valence-electron chi connectivity index (χ4n) is 1.91. The van der Waals surface area contributed by atoms with Crippen molar-refractivity contribution in [2.45, 2.75) is 27.4 Å². The molecule has 0 amide bonds. The minimum atomic E-state index is -0.427. The largest absolute Gasteiger partial charge is 0.462 e. The van der Waals surface area contributed by atoms with Crippen LogP contribution in [0.1, 0.15) is 35.5 Å². The van der Waals surface area contributed by atoms with Crippen molar-refractivity contribution in [3.63, 3.8) is 0 Å². The Morgan fingerprint density at radius 1 is 1.32 bits per heavy atom. The minimum absolute atomic E-state index is 0.0894. The second kappa shape index (κ2) is 6.84. The van der Waals surface area contributed by atoms with Crippen molar-refractivity contribution in [2.24, 2.45) is 0 Å². The van der Waals surface area contributed by atoms with Crippen molar-refractivity contribution in [1.29, 1.82) is 0 Å². The first-order chi connectivity index (χ1) is 10.5. The predicted molar refractivity (Wildman–Crippen MR) is 77.5 cm³/mol. The van der Waals surface area contributed by atoms with Crippen LogP contribution in [0.2, 0.25) is 0 Å². The first-order valence-electron chi connectivity index (χ1n) is 6.84. The summed E-state index contributed by atoms with van der Waals surface area (Å²) in [5.41, 5.74) is 1.61. The molecule has 7 heteroatoms. The van der Waals surface area contributed by atoms with Gasteiger partial charge in [0, 0.05) is 24.9 Å². The summed E-state index contributed by atoms with van der Waals surface area (Å²) in [4.78, 5) is 27.0. The van der Waals surface area contributed by atoms with Gasteiger partial charge in [0.1, 0.15) is 12.2 Å². The van der Waals surface area contributed by atoms with Crippen LogP contribution in [-0.4, -0.2) is 33.3 Å². The zero-order valence-electron chi connectivity index (χ0n) is 12.7. The van der Waals surface area contributed by atoms with Crippen LogP contribution in [0.4, 0.5) is 0 Å². The van der Waals surface area contributed by atoms with Crippen LogP contribution in [-0.2, 0) is 20.9 Å². The van der Waals surface area contributed by atoms with Gasteiger partial charge in [-0.3, -0.25) is 4.79 Å². The molecule has 0 aliphatic rings. The molecule has 0 atom stereocenters. The fraction of sp³-hybridized carbons (Fsp3) is 0.333. The van der Waals surface area contributed by atoms with Gasteiger partial charge in [0.15, 0.2) is 5.82 Å². The molecule has 0 bridgehead atoms. The lowest BCUT2D eigenvalue weighted by molar-refractivity contribution is -0.142. The molecule has 2 heterocycles. The molecule has 0 N–H and O–H groups in total. The lowest BCUT2D eigenvalue weighted by atomic mass is 10.2. The van der Waals surface area contributed by atoms with Crippen LogP contribution < -0.4 is 0 Å². The van der Waals surface area contributed by atoms with Crippen molar-refractivity contribution in [3.05, 3.63) is 41.3 Å². The van der Waals surface area contributed by atoms with E-state index in [2.05, 4.69) is 10.1 Å². The van der Waals surface area contributed by atoms with E-state index < -0.39 is 5.97 Å². The molecule has 116 valence electrons. The Morgan fingerprint density at radius 3 is 2.77 bits per heavy atom. The van der Waals surface area contributed by atoms with Crippen molar-refractivity contribution in [2.75, 3.05) is 6.61 Å². The Balaban J connectivity index is 2.34. The molecule has 22 heavy (non-hydrogen) atoms. The average molecular weight is 303 g/mol. The van der Waals surface area contributed by atoms with Gasteiger partial charge < -0.3 is 9.47 Å². The number of aryl methyl sites for hydroxylation is 1. The zero-order valence-corrected chi connectivity index (χ0v) is 12.7. The molecule has 2 aromatic heterocycles. The summed E-state index contributed by atoms with van der Waals surface area (Å²) in [6.45, 7) is 5.19. The quantitative estimate of drug-likeness (QED) is 0.783. The Labute approximate surface area is 127 Å². The molecule has 0 radical (unpaired) electrons. The topological polar surface area (TPSA) is 83.3 Å². The van der Waals surface area contributed by atoms with Gasteiger partial charge >= 0.3 is 11.9 Å². The molecular weight excluding hydrogens is 286 g/mol. The Bertz CT molecular complexity index is 694.